The topological polar surface area (TPSA) is 79.8 Å². The van der Waals surface area contributed by atoms with Crippen molar-refractivity contribution in [3.8, 4) is 5.75 Å². The Morgan fingerprint density at radius 2 is 1.78 bits per heavy atom. The average molecular weight is 476 g/mol. The van der Waals surface area contributed by atoms with Crippen molar-refractivity contribution in [2.75, 3.05) is 44.9 Å². The summed E-state index contributed by atoms with van der Waals surface area (Å²) >= 11 is 1.30. The van der Waals surface area contributed by atoms with Crippen molar-refractivity contribution < 1.29 is 17.9 Å². The predicted octanol–water partition coefficient (Wildman–Crippen LogP) is 3.80. The minimum absolute atomic E-state index is 0.136. The van der Waals surface area contributed by atoms with E-state index < -0.39 is 9.84 Å². The van der Waals surface area contributed by atoms with Crippen molar-refractivity contribution >= 4 is 42.4 Å². The lowest BCUT2D eigenvalue weighted by Gasteiger charge is -2.22. The molecule has 0 radical (unpaired) electrons. The van der Waals surface area contributed by atoms with E-state index in [0.29, 0.717) is 35.4 Å². The average Bonchev–Trinajstić information content (AvgIpc) is 3.15. The predicted molar refractivity (Wildman–Crippen MR) is 130 cm³/mol. The smallest absolute Gasteiger partial charge is 0.266 e. The number of carbonyl (C=O) groups is 1. The van der Waals surface area contributed by atoms with Crippen molar-refractivity contribution in [1.29, 1.82) is 0 Å². The van der Waals surface area contributed by atoms with Gasteiger partial charge in [0.2, 0.25) is 0 Å². The van der Waals surface area contributed by atoms with Crippen LogP contribution in [0.2, 0.25) is 0 Å². The molecule has 0 aliphatic rings. The Morgan fingerprint density at radius 1 is 1.09 bits per heavy atom. The molecule has 0 saturated carbocycles. The zero-order valence-corrected chi connectivity index (χ0v) is 20.7. The van der Waals surface area contributed by atoms with Crippen LogP contribution in [0.3, 0.4) is 0 Å². The molecule has 172 valence electrons. The van der Waals surface area contributed by atoms with Crippen LogP contribution in [0.25, 0.3) is 10.2 Å². The van der Waals surface area contributed by atoms with Gasteiger partial charge in [-0.05, 0) is 49.8 Å². The maximum atomic E-state index is 13.1. The van der Waals surface area contributed by atoms with Crippen molar-refractivity contribution in [3.63, 3.8) is 0 Å². The SMILES string of the molecule is CC(C)c1ccc(OCC(=O)N(CCN(C)C)c2nc3c(S(C)(=O)=O)cccc3s2)cc1. The van der Waals surface area contributed by atoms with Crippen molar-refractivity contribution in [2.24, 2.45) is 0 Å². The zero-order chi connectivity index (χ0) is 23.5. The summed E-state index contributed by atoms with van der Waals surface area (Å²) < 4.78 is 30.8. The van der Waals surface area contributed by atoms with E-state index in [1.807, 2.05) is 49.3 Å². The molecule has 0 aliphatic carbocycles. The summed E-state index contributed by atoms with van der Waals surface area (Å²) in [5, 5.41) is 0.460. The van der Waals surface area contributed by atoms with Crippen molar-refractivity contribution in [2.45, 2.75) is 24.7 Å². The molecule has 0 atom stereocenters. The summed E-state index contributed by atoms with van der Waals surface area (Å²) in [4.78, 5) is 21.3. The minimum Gasteiger partial charge on any atom is -0.484 e. The molecule has 3 aromatic rings. The number of amides is 1. The van der Waals surface area contributed by atoms with Gasteiger partial charge in [0, 0.05) is 19.3 Å². The van der Waals surface area contributed by atoms with Crippen LogP contribution in [-0.4, -0.2) is 64.3 Å². The van der Waals surface area contributed by atoms with Gasteiger partial charge < -0.3 is 9.64 Å². The standard InChI is InChI=1S/C23H29N3O4S2/c1-16(2)17-9-11-18(12-10-17)30-15-21(27)26(14-13-25(3)4)23-24-22-19(31-23)7-6-8-20(22)32(5,28)29/h6-12,16H,13-15H2,1-5H3. The summed E-state index contributed by atoms with van der Waals surface area (Å²) in [6.45, 7) is 5.15. The number of carbonyl (C=O) groups excluding carboxylic acids is 1. The van der Waals surface area contributed by atoms with Crippen LogP contribution in [0.5, 0.6) is 5.75 Å². The summed E-state index contributed by atoms with van der Waals surface area (Å²) in [6.07, 6.45) is 1.16. The third-order valence-electron chi connectivity index (χ3n) is 4.98. The van der Waals surface area contributed by atoms with Crippen LogP contribution in [-0.2, 0) is 14.6 Å². The second-order valence-corrected chi connectivity index (χ2v) is 11.2. The molecule has 0 fully saturated rings. The highest BCUT2D eigenvalue weighted by Crippen LogP contribution is 2.32. The molecule has 2 aromatic carbocycles. The zero-order valence-electron chi connectivity index (χ0n) is 19.0. The fraction of sp³-hybridized carbons (Fsp3) is 0.391. The molecule has 7 nitrogen and oxygen atoms in total. The lowest BCUT2D eigenvalue weighted by molar-refractivity contribution is -0.120. The molecule has 0 unspecified atom stereocenters. The van der Waals surface area contributed by atoms with E-state index in [0.717, 1.165) is 11.0 Å². The molecule has 1 amide bonds. The molecule has 0 bridgehead atoms. The first-order valence-corrected chi connectivity index (χ1v) is 13.0. The van der Waals surface area contributed by atoms with E-state index in [2.05, 4.69) is 18.8 Å². The first kappa shape index (κ1) is 24.2. The largest absolute Gasteiger partial charge is 0.484 e. The van der Waals surface area contributed by atoms with Gasteiger partial charge in [0.25, 0.3) is 5.91 Å². The number of hydrogen-bond donors (Lipinski definition) is 0. The van der Waals surface area contributed by atoms with E-state index in [1.165, 1.54) is 23.0 Å². The fourth-order valence-electron chi connectivity index (χ4n) is 3.13. The number of likely N-dealkylation sites (N-methyl/N-ethyl adjacent to an activating group) is 1. The van der Waals surface area contributed by atoms with Crippen molar-refractivity contribution in [3.05, 3.63) is 48.0 Å². The number of benzene rings is 2. The van der Waals surface area contributed by atoms with Crippen LogP contribution in [0.4, 0.5) is 5.13 Å². The Hall–Kier alpha value is -2.49. The highest BCUT2D eigenvalue weighted by Gasteiger charge is 2.23. The first-order chi connectivity index (χ1) is 15.1. The van der Waals surface area contributed by atoms with Gasteiger partial charge in [0.1, 0.15) is 11.3 Å². The van der Waals surface area contributed by atoms with Gasteiger partial charge in [-0.2, -0.15) is 0 Å². The summed E-state index contributed by atoms with van der Waals surface area (Å²) in [5.74, 6) is 0.807. The normalized spacial score (nSPS) is 12.0. The lowest BCUT2D eigenvalue weighted by atomic mass is 10.0. The molecule has 9 heteroatoms. The number of ether oxygens (including phenoxy) is 1. The van der Waals surface area contributed by atoms with Crippen LogP contribution in [0.1, 0.15) is 25.3 Å². The maximum absolute atomic E-state index is 13.1. The maximum Gasteiger partial charge on any atom is 0.266 e. The second-order valence-electron chi connectivity index (χ2n) is 8.23. The minimum atomic E-state index is -3.44. The Morgan fingerprint density at radius 3 is 2.38 bits per heavy atom. The van der Waals surface area contributed by atoms with Crippen LogP contribution in [0, 0.1) is 0 Å². The summed E-state index contributed by atoms with van der Waals surface area (Å²) in [6, 6.07) is 12.8. The van der Waals surface area contributed by atoms with Crippen LogP contribution < -0.4 is 9.64 Å². The number of nitrogens with zero attached hydrogens (tertiary/aromatic N) is 3. The van der Waals surface area contributed by atoms with E-state index in [9.17, 15) is 13.2 Å². The third kappa shape index (κ3) is 5.85. The van der Waals surface area contributed by atoms with E-state index >= 15 is 0 Å². The number of sulfone groups is 1. The van der Waals surface area contributed by atoms with Gasteiger partial charge in [-0.25, -0.2) is 13.4 Å². The molecule has 0 N–H and O–H groups in total. The van der Waals surface area contributed by atoms with E-state index in [-0.39, 0.29) is 17.4 Å². The monoisotopic (exact) mass is 475 g/mol. The number of thiazole rings is 1. The molecule has 0 spiro atoms. The highest BCUT2D eigenvalue weighted by molar-refractivity contribution is 7.91. The van der Waals surface area contributed by atoms with Gasteiger partial charge in [0.15, 0.2) is 21.6 Å². The van der Waals surface area contributed by atoms with Gasteiger partial charge in [-0.1, -0.05) is 43.4 Å². The number of para-hydroxylation sites is 1. The number of anilines is 1. The summed E-state index contributed by atoms with van der Waals surface area (Å²) in [7, 11) is 0.416. The van der Waals surface area contributed by atoms with E-state index in [1.54, 1.807) is 11.0 Å². The molecule has 1 aromatic heterocycles. The molecular formula is C23H29N3O4S2. The van der Waals surface area contributed by atoms with Gasteiger partial charge in [-0.15, -0.1) is 0 Å². The number of aromatic nitrogens is 1. The van der Waals surface area contributed by atoms with Gasteiger partial charge in [0.05, 0.1) is 9.60 Å². The first-order valence-electron chi connectivity index (χ1n) is 10.3. The summed E-state index contributed by atoms with van der Waals surface area (Å²) in [5.41, 5.74) is 1.59. The molecule has 32 heavy (non-hydrogen) atoms. The Labute approximate surface area is 193 Å². The Kier molecular flexibility index (Phi) is 7.53. The molecule has 0 aliphatic heterocycles. The van der Waals surface area contributed by atoms with Gasteiger partial charge in [-0.3, -0.25) is 9.69 Å². The second kappa shape index (κ2) is 9.97. The van der Waals surface area contributed by atoms with Crippen molar-refractivity contribution in [1.82, 2.24) is 9.88 Å². The third-order valence-corrected chi connectivity index (χ3v) is 7.15. The van der Waals surface area contributed by atoms with Gasteiger partial charge >= 0.3 is 0 Å². The van der Waals surface area contributed by atoms with Crippen LogP contribution >= 0.6 is 11.3 Å². The fourth-order valence-corrected chi connectivity index (χ4v) is 5.06. The quantitative estimate of drug-likeness (QED) is 0.468. The molecule has 1 heterocycles. The lowest BCUT2D eigenvalue weighted by Crippen LogP contribution is -2.39. The van der Waals surface area contributed by atoms with E-state index in [4.69, 9.17) is 4.74 Å². The van der Waals surface area contributed by atoms with Crippen LogP contribution in [0.15, 0.2) is 47.4 Å². The number of fused-ring (bicyclic) bond motifs is 1. The Bertz CT molecular complexity index is 1190. The highest BCUT2D eigenvalue weighted by atomic mass is 32.2. The number of rotatable bonds is 9. The Balaban J connectivity index is 1.85. The molecule has 3 rings (SSSR count). The molecular weight excluding hydrogens is 446 g/mol. The molecule has 0 saturated heterocycles. The number of hydrogen-bond acceptors (Lipinski definition) is 7.